The maximum Gasteiger partial charge on any atom is 0.0352 e. The van der Waals surface area contributed by atoms with E-state index in [1.54, 1.807) is 0 Å². The summed E-state index contributed by atoms with van der Waals surface area (Å²) in [5.41, 5.74) is 3.80. The van der Waals surface area contributed by atoms with Crippen molar-refractivity contribution in [2.24, 2.45) is 0 Å². The molecule has 3 rings (SSSR count). The van der Waals surface area contributed by atoms with Gasteiger partial charge in [-0.2, -0.15) is 0 Å². The van der Waals surface area contributed by atoms with Crippen molar-refractivity contribution in [2.45, 2.75) is 13.3 Å². The second-order valence-electron chi connectivity index (χ2n) is 4.46. The Kier molecular flexibility index (Phi) is 2.81. The molecule has 0 saturated heterocycles. The average Bonchev–Trinajstić information content (AvgIpc) is 2.47. The van der Waals surface area contributed by atoms with Gasteiger partial charge in [0.15, 0.2) is 0 Å². The Bertz CT molecular complexity index is 663. The molecule has 18 heavy (non-hydrogen) atoms. The van der Waals surface area contributed by atoms with E-state index in [1.165, 1.54) is 27.5 Å². The quantitative estimate of drug-likeness (QED) is 0.636. The van der Waals surface area contributed by atoms with Gasteiger partial charge in [0.25, 0.3) is 0 Å². The lowest BCUT2D eigenvalue weighted by molar-refractivity contribution is 1.14. The first-order valence-electron chi connectivity index (χ1n) is 6.30. The van der Waals surface area contributed by atoms with Crippen molar-refractivity contribution in [3.8, 4) is 11.1 Å². The molecule has 3 aromatic rings. The minimum absolute atomic E-state index is 1.08. The summed E-state index contributed by atoms with van der Waals surface area (Å²) >= 11 is 0. The van der Waals surface area contributed by atoms with Crippen LogP contribution >= 0.6 is 0 Å². The minimum atomic E-state index is 1.08. The van der Waals surface area contributed by atoms with Crippen molar-refractivity contribution in [1.82, 2.24) is 4.98 Å². The molecule has 0 saturated carbocycles. The topological polar surface area (TPSA) is 12.9 Å². The number of aryl methyl sites for hydroxylation is 1. The molecule has 0 atom stereocenters. The van der Waals surface area contributed by atoms with Gasteiger partial charge in [-0.3, -0.25) is 4.98 Å². The van der Waals surface area contributed by atoms with Crippen LogP contribution in [0.4, 0.5) is 0 Å². The van der Waals surface area contributed by atoms with E-state index in [0.717, 1.165) is 6.42 Å². The van der Waals surface area contributed by atoms with Crippen LogP contribution in [-0.2, 0) is 6.42 Å². The van der Waals surface area contributed by atoms with E-state index in [9.17, 15) is 0 Å². The Morgan fingerprint density at radius 3 is 2.44 bits per heavy atom. The molecule has 1 heteroatoms. The Labute approximate surface area is 107 Å². The summed E-state index contributed by atoms with van der Waals surface area (Å²) in [6.45, 7) is 2.18. The highest BCUT2D eigenvalue weighted by Gasteiger charge is 2.03. The van der Waals surface area contributed by atoms with Crippen LogP contribution in [0.15, 0.2) is 60.9 Å². The first-order chi connectivity index (χ1) is 8.88. The number of hydrogen-bond donors (Lipinski definition) is 0. The maximum absolute atomic E-state index is 4.33. The summed E-state index contributed by atoms with van der Waals surface area (Å²) in [6, 6.07) is 17.1. The summed E-state index contributed by atoms with van der Waals surface area (Å²) in [5.74, 6) is 0. The van der Waals surface area contributed by atoms with Crippen molar-refractivity contribution >= 4 is 10.8 Å². The molecule has 0 amide bonds. The van der Waals surface area contributed by atoms with Gasteiger partial charge >= 0.3 is 0 Å². The lowest BCUT2D eigenvalue weighted by Crippen LogP contribution is -1.85. The Morgan fingerprint density at radius 1 is 0.889 bits per heavy atom. The molecule has 0 aliphatic rings. The van der Waals surface area contributed by atoms with Gasteiger partial charge in [0.2, 0.25) is 0 Å². The van der Waals surface area contributed by atoms with E-state index in [-0.39, 0.29) is 0 Å². The van der Waals surface area contributed by atoms with Crippen molar-refractivity contribution in [2.75, 3.05) is 0 Å². The molecule has 0 fully saturated rings. The zero-order valence-electron chi connectivity index (χ0n) is 10.4. The van der Waals surface area contributed by atoms with Gasteiger partial charge < -0.3 is 0 Å². The maximum atomic E-state index is 4.33. The lowest BCUT2D eigenvalue weighted by Gasteiger charge is -2.06. The summed E-state index contributed by atoms with van der Waals surface area (Å²) in [7, 11) is 0. The number of hydrogen-bond acceptors (Lipinski definition) is 1. The van der Waals surface area contributed by atoms with Crippen LogP contribution in [-0.4, -0.2) is 4.98 Å². The highest BCUT2D eigenvalue weighted by atomic mass is 14.6. The van der Waals surface area contributed by atoms with Crippen molar-refractivity contribution < 1.29 is 0 Å². The zero-order valence-corrected chi connectivity index (χ0v) is 10.4. The molecule has 1 aromatic heterocycles. The Hall–Kier alpha value is -2.15. The van der Waals surface area contributed by atoms with Gasteiger partial charge in [0.05, 0.1) is 0 Å². The van der Waals surface area contributed by atoms with Gasteiger partial charge in [-0.1, -0.05) is 55.5 Å². The van der Waals surface area contributed by atoms with E-state index in [0.29, 0.717) is 0 Å². The van der Waals surface area contributed by atoms with Gasteiger partial charge in [-0.15, -0.1) is 0 Å². The normalized spacial score (nSPS) is 10.7. The van der Waals surface area contributed by atoms with Crippen molar-refractivity contribution in [3.05, 3.63) is 66.5 Å². The summed E-state index contributed by atoms with van der Waals surface area (Å²) in [5, 5.41) is 2.45. The molecule has 1 nitrogen and oxygen atoms in total. The van der Waals surface area contributed by atoms with Gasteiger partial charge in [-0.25, -0.2) is 0 Å². The first-order valence-corrected chi connectivity index (χ1v) is 6.30. The number of pyridine rings is 1. The third-order valence-corrected chi connectivity index (χ3v) is 3.34. The molecule has 1 heterocycles. The van der Waals surface area contributed by atoms with E-state index < -0.39 is 0 Å². The van der Waals surface area contributed by atoms with E-state index in [4.69, 9.17) is 0 Å². The number of benzene rings is 2. The molecule has 0 radical (unpaired) electrons. The predicted octanol–water partition coefficient (Wildman–Crippen LogP) is 4.46. The van der Waals surface area contributed by atoms with E-state index in [1.807, 2.05) is 18.5 Å². The third-order valence-electron chi connectivity index (χ3n) is 3.34. The molecule has 0 N–H and O–H groups in total. The smallest absolute Gasteiger partial charge is 0.0352 e. The number of nitrogens with zero attached hydrogens (tertiary/aromatic N) is 1. The Balaban J connectivity index is 2.18. The summed E-state index contributed by atoms with van der Waals surface area (Å²) in [6.07, 6.45) is 4.94. The fourth-order valence-corrected chi connectivity index (χ4v) is 2.27. The second kappa shape index (κ2) is 4.61. The zero-order chi connectivity index (χ0) is 12.4. The van der Waals surface area contributed by atoms with Crippen molar-refractivity contribution in [3.63, 3.8) is 0 Å². The summed E-state index contributed by atoms with van der Waals surface area (Å²) in [4.78, 5) is 4.33. The molecular weight excluding hydrogens is 218 g/mol. The highest BCUT2D eigenvalue weighted by molar-refractivity contribution is 5.95. The third kappa shape index (κ3) is 1.88. The number of aromatic nitrogens is 1. The van der Waals surface area contributed by atoms with Gasteiger partial charge in [0, 0.05) is 23.3 Å². The molecule has 0 unspecified atom stereocenters. The number of fused-ring (bicyclic) bond motifs is 1. The SMILES string of the molecule is CCc1ccc(-c2cncc3ccccc23)cc1. The van der Waals surface area contributed by atoms with Crippen LogP contribution in [0.25, 0.3) is 21.9 Å². The van der Waals surface area contributed by atoms with Gasteiger partial charge in [0.1, 0.15) is 0 Å². The van der Waals surface area contributed by atoms with Crippen LogP contribution in [0.3, 0.4) is 0 Å². The molecule has 2 aromatic carbocycles. The average molecular weight is 233 g/mol. The second-order valence-corrected chi connectivity index (χ2v) is 4.46. The minimum Gasteiger partial charge on any atom is -0.263 e. The molecular formula is C17H15N. The highest BCUT2D eigenvalue weighted by Crippen LogP contribution is 2.27. The van der Waals surface area contributed by atoms with Crippen LogP contribution in [0.2, 0.25) is 0 Å². The fourth-order valence-electron chi connectivity index (χ4n) is 2.27. The number of rotatable bonds is 2. The van der Waals surface area contributed by atoms with Crippen LogP contribution in [0, 0.1) is 0 Å². The van der Waals surface area contributed by atoms with Crippen LogP contribution in [0.5, 0.6) is 0 Å². The monoisotopic (exact) mass is 233 g/mol. The predicted molar refractivity (Wildman–Crippen MR) is 76.6 cm³/mol. The molecule has 0 spiro atoms. The van der Waals surface area contributed by atoms with Gasteiger partial charge in [-0.05, 0) is 22.9 Å². The van der Waals surface area contributed by atoms with Crippen LogP contribution in [0.1, 0.15) is 12.5 Å². The first kappa shape index (κ1) is 11.0. The van der Waals surface area contributed by atoms with E-state index in [2.05, 4.69) is 54.4 Å². The van der Waals surface area contributed by atoms with Crippen LogP contribution < -0.4 is 0 Å². The molecule has 0 aliphatic heterocycles. The largest absolute Gasteiger partial charge is 0.263 e. The fraction of sp³-hybridized carbons (Fsp3) is 0.118. The lowest BCUT2D eigenvalue weighted by atomic mass is 10.00. The Morgan fingerprint density at radius 2 is 1.67 bits per heavy atom. The summed E-state index contributed by atoms with van der Waals surface area (Å²) < 4.78 is 0. The molecule has 0 aliphatic carbocycles. The molecule has 88 valence electrons. The van der Waals surface area contributed by atoms with E-state index >= 15 is 0 Å². The standard InChI is InChI=1S/C17H15N/c1-2-13-7-9-14(10-8-13)17-12-18-11-15-5-3-4-6-16(15)17/h3-12H,2H2,1H3. The molecule has 0 bridgehead atoms. The van der Waals surface area contributed by atoms with Crippen molar-refractivity contribution in [1.29, 1.82) is 0 Å².